The van der Waals surface area contributed by atoms with E-state index in [9.17, 15) is 8.42 Å². The van der Waals surface area contributed by atoms with E-state index in [0.29, 0.717) is 10.8 Å². The molecule has 0 saturated carbocycles. The number of nitrogens with one attached hydrogen (secondary N) is 1. The van der Waals surface area contributed by atoms with Crippen LogP contribution in [0.25, 0.3) is 0 Å². The van der Waals surface area contributed by atoms with Gasteiger partial charge < -0.3 is 5.73 Å². The maximum Gasteiger partial charge on any atom is 0.263 e. The van der Waals surface area contributed by atoms with Gasteiger partial charge in [0.1, 0.15) is 0 Å². The molecule has 1 aliphatic rings. The molecule has 0 aliphatic heterocycles. The summed E-state index contributed by atoms with van der Waals surface area (Å²) in [5.74, 6) is 0. The molecule has 19 heavy (non-hydrogen) atoms. The highest BCUT2D eigenvalue weighted by molar-refractivity contribution is 7.93. The summed E-state index contributed by atoms with van der Waals surface area (Å²) in [6.45, 7) is 0. The van der Waals surface area contributed by atoms with Crippen LogP contribution in [0.2, 0.25) is 0 Å². The number of aryl methyl sites for hydroxylation is 2. The lowest BCUT2D eigenvalue weighted by Gasteiger charge is -2.05. The Bertz CT molecular complexity index is 701. The van der Waals surface area contributed by atoms with Gasteiger partial charge in [-0.25, -0.2) is 13.4 Å². The van der Waals surface area contributed by atoms with Crippen LogP contribution in [0.5, 0.6) is 0 Å². The SMILES string of the molecule is Nc1cccc(S(=O)(=O)Nc2nc3c(s2)CCC3)c1. The summed E-state index contributed by atoms with van der Waals surface area (Å²) in [5, 5.41) is 0.437. The molecule has 1 heterocycles. The van der Waals surface area contributed by atoms with Gasteiger partial charge in [-0.2, -0.15) is 0 Å². The first-order chi connectivity index (χ1) is 9.04. The van der Waals surface area contributed by atoms with Crippen molar-refractivity contribution in [3.8, 4) is 0 Å². The van der Waals surface area contributed by atoms with Gasteiger partial charge >= 0.3 is 0 Å². The average Bonchev–Trinajstić information content (AvgIpc) is 2.89. The standard InChI is InChI=1S/C12H13N3O2S2/c13-8-3-1-4-9(7-8)19(16,17)15-12-14-10-5-2-6-11(10)18-12/h1,3-4,7H,2,5-6,13H2,(H,14,15). The normalized spacial score (nSPS) is 14.3. The molecular weight excluding hydrogens is 282 g/mol. The molecule has 2 aromatic rings. The first kappa shape index (κ1) is 12.4. The van der Waals surface area contributed by atoms with Gasteiger partial charge in [-0.15, -0.1) is 11.3 Å². The maximum atomic E-state index is 12.2. The molecule has 5 nitrogen and oxygen atoms in total. The number of hydrogen-bond acceptors (Lipinski definition) is 5. The molecule has 0 fully saturated rings. The summed E-state index contributed by atoms with van der Waals surface area (Å²) in [6.07, 6.45) is 3.04. The lowest BCUT2D eigenvalue weighted by atomic mass is 10.3. The second kappa shape index (κ2) is 4.50. The Morgan fingerprint density at radius 1 is 1.32 bits per heavy atom. The summed E-state index contributed by atoms with van der Waals surface area (Å²) >= 11 is 1.42. The molecule has 0 bridgehead atoms. The van der Waals surface area contributed by atoms with Crippen molar-refractivity contribution < 1.29 is 8.42 Å². The molecule has 0 saturated heterocycles. The minimum Gasteiger partial charge on any atom is -0.399 e. The maximum absolute atomic E-state index is 12.2. The van der Waals surface area contributed by atoms with Crippen molar-refractivity contribution in [2.75, 3.05) is 10.5 Å². The number of rotatable bonds is 3. The van der Waals surface area contributed by atoms with Gasteiger partial charge in [0.05, 0.1) is 10.6 Å². The lowest BCUT2D eigenvalue weighted by molar-refractivity contribution is 0.601. The fourth-order valence-corrected chi connectivity index (χ4v) is 4.43. The highest BCUT2D eigenvalue weighted by Gasteiger charge is 2.21. The summed E-state index contributed by atoms with van der Waals surface area (Å²) in [4.78, 5) is 5.66. The minimum atomic E-state index is -3.61. The molecule has 1 aromatic carbocycles. The van der Waals surface area contributed by atoms with Crippen molar-refractivity contribution in [2.45, 2.75) is 24.2 Å². The quantitative estimate of drug-likeness (QED) is 0.848. The highest BCUT2D eigenvalue weighted by Crippen LogP contribution is 2.31. The molecule has 0 unspecified atom stereocenters. The Hall–Kier alpha value is -1.60. The number of anilines is 2. The van der Waals surface area contributed by atoms with Crippen LogP contribution in [0.3, 0.4) is 0 Å². The average molecular weight is 295 g/mol. The predicted molar refractivity (Wildman–Crippen MR) is 75.8 cm³/mol. The summed E-state index contributed by atoms with van der Waals surface area (Å²) in [6, 6.07) is 6.21. The number of thiazole rings is 1. The van der Waals surface area contributed by atoms with E-state index in [1.165, 1.54) is 28.3 Å². The monoisotopic (exact) mass is 295 g/mol. The van der Waals surface area contributed by atoms with E-state index in [1.807, 2.05) is 0 Å². The molecule has 1 aliphatic carbocycles. The Labute approximate surface area is 115 Å². The summed E-state index contributed by atoms with van der Waals surface area (Å²) in [5.41, 5.74) is 7.05. The molecule has 0 atom stereocenters. The lowest BCUT2D eigenvalue weighted by Crippen LogP contribution is -2.13. The van der Waals surface area contributed by atoms with E-state index in [-0.39, 0.29) is 4.90 Å². The van der Waals surface area contributed by atoms with Gasteiger partial charge in [0.15, 0.2) is 5.13 Å². The molecule has 1 aromatic heterocycles. The minimum absolute atomic E-state index is 0.155. The number of nitrogens with two attached hydrogens (primary N) is 1. The number of aromatic nitrogens is 1. The number of nitrogens with zero attached hydrogens (tertiary/aromatic N) is 1. The molecule has 0 amide bonds. The van der Waals surface area contributed by atoms with Crippen LogP contribution in [0.1, 0.15) is 17.0 Å². The van der Waals surface area contributed by atoms with Gasteiger partial charge in [0.2, 0.25) is 0 Å². The van der Waals surface area contributed by atoms with Crippen LogP contribution < -0.4 is 10.5 Å². The Morgan fingerprint density at radius 2 is 2.16 bits per heavy atom. The van der Waals surface area contributed by atoms with E-state index in [2.05, 4.69) is 9.71 Å². The van der Waals surface area contributed by atoms with Crippen molar-refractivity contribution in [1.82, 2.24) is 4.98 Å². The van der Waals surface area contributed by atoms with E-state index in [1.54, 1.807) is 12.1 Å². The van der Waals surface area contributed by atoms with Crippen molar-refractivity contribution in [3.63, 3.8) is 0 Å². The topological polar surface area (TPSA) is 85.1 Å². The third-order valence-electron chi connectivity index (χ3n) is 2.99. The van der Waals surface area contributed by atoms with Gasteiger partial charge in [0, 0.05) is 10.6 Å². The zero-order valence-electron chi connectivity index (χ0n) is 10.1. The van der Waals surface area contributed by atoms with E-state index in [0.717, 1.165) is 25.0 Å². The van der Waals surface area contributed by atoms with Crippen LogP contribution in [0.4, 0.5) is 10.8 Å². The largest absolute Gasteiger partial charge is 0.399 e. The van der Waals surface area contributed by atoms with Crippen molar-refractivity contribution >= 4 is 32.2 Å². The van der Waals surface area contributed by atoms with Gasteiger partial charge in [0.25, 0.3) is 10.0 Å². The molecule has 3 rings (SSSR count). The fourth-order valence-electron chi connectivity index (χ4n) is 2.09. The van der Waals surface area contributed by atoms with E-state index >= 15 is 0 Å². The third-order valence-corrected chi connectivity index (χ3v) is 5.52. The van der Waals surface area contributed by atoms with E-state index < -0.39 is 10.0 Å². The number of benzene rings is 1. The Morgan fingerprint density at radius 3 is 2.89 bits per heavy atom. The van der Waals surface area contributed by atoms with Crippen LogP contribution >= 0.6 is 11.3 Å². The van der Waals surface area contributed by atoms with Crippen LogP contribution in [0, 0.1) is 0 Å². The van der Waals surface area contributed by atoms with Crippen LogP contribution in [0.15, 0.2) is 29.2 Å². The number of hydrogen-bond donors (Lipinski definition) is 2. The molecule has 100 valence electrons. The number of fused-ring (bicyclic) bond motifs is 1. The second-order valence-electron chi connectivity index (χ2n) is 4.42. The fraction of sp³-hybridized carbons (Fsp3) is 0.250. The van der Waals surface area contributed by atoms with Gasteiger partial charge in [-0.3, -0.25) is 4.72 Å². The molecule has 7 heteroatoms. The smallest absolute Gasteiger partial charge is 0.263 e. The molecular formula is C12H13N3O2S2. The summed E-state index contributed by atoms with van der Waals surface area (Å²) < 4.78 is 26.9. The van der Waals surface area contributed by atoms with Gasteiger partial charge in [-0.05, 0) is 37.5 Å². The van der Waals surface area contributed by atoms with Crippen LogP contribution in [-0.2, 0) is 22.9 Å². The summed E-state index contributed by atoms with van der Waals surface area (Å²) in [7, 11) is -3.61. The first-order valence-corrected chi connectivity index (χ1v) is 8.21. The zero-order chi connectivity index (χ0) is 13.5. The molecule has 3 N–H and O–H groups in total. The Balaban J connectivity index is 1.89. The molecule has 0 spiro atoms. The number of nitrogen functional groups attached to an aromatic ring is 1. The van der Waals surface area contributed by atoms with Crippen LogP contribution in [-0.4, -0.2) is 13.4 Å². The zero-order valence-corrected chi connectivity index (χ0v) is 11.7. The number of sulfonamides is 1. The predicted octanol–water partition coefficient (Wildman–Crippen LogP) is 2.01. The highest BCUT2D eigenvalue weighted by atomic mass is 32.2. The van der Waals surface area contributed by atoms with Crippen molar-refractivity contribution in [3.05, 3.63) is 34.8 Å². The third kappa shape index (κ3) is 2.43. The molecule has 0 radical (unpaired) electrons. The van der Waals surface area contributed by atoms with E-state index in [4.69, 9.17) is 5.73 Å². The van der Waals surface area contributed by atoms with Crippen molar-refractivity contribution in [1.29, 1.82) is 0 Å². The van der Waals surface area contributed by atoms with Crippen molar-refractivity contribution in [2.24, 2.45) is 0 Å². The van der Waals surface area contributed by atoms with Gasteiger partial charge in [-0.1, -0.05) is 6.07 Å². The second-order valence-corrected chi connectivity index (χ2v) is 7.19. The Kier molecular flexibility index (Phi) is 2.94. The first-order valence-electron chi connectivity index (χ1n) is 5.91.